The van der Waals surface area contributed by atoms with E-state index in [1.807, 2.05) is 0 Å². The van der Waals surface area contributed by atoms with Crippen molar-refractivity contribution in [2.45, 2.75) is 64.2 Å². The Morgan fingerprint density at radius 2 is 1.88 bits per heavy atom. The fourth-order valence-electron chi connectivity index (χ4n) is 4.78. The minimum Gasteiger partial charge on any atom is -0.198 e. The van der Waals surface area contributed by atoms with Gasteiger partial charge in [0.05, 0.1) is 11.5 Å². The second-order valence-corrected chi connectivity index (χ2v) is 6.56. The molecule has 0 aromatic carbocycles. The SMILES string of the molecule is N#CC1(CC2CCCCC2)CC2CCC1C2. The highest BCUT2D eigenvalue weighted by molar-refractivity contribution is 5.12. The van der Waals surface area contributed by atoms with Gasteiger partial charge in [0.1, 0.15) is 0 Å². The zero-order chi connectivity index (χ0) is 11.0. The van der Waals surface area contributed by atoms with E-state index in [4.69, 9.17) is 0 Å². The number of nitriles is 1. The Bertz CT molecular complexity index is 297. The quantitative estimate of drug-likeness (QED) is 0.677. The molecule has 2 bridgehead atoms. The van der Waals surface area contributed by atoms with Crippen LogP contribution in [0.2, 0.25) is 0 Å². The smallest absolute Gasteiger partial charge is 0.0692 e. The molecule has 3 fully saturated rings. The van der Waals surface area contributed by atoms with Gasteiger partial charge in [0.25, 0.3) is 0 Å². The van der Waals surface area contributed by atoms with Gasteiger partial charge in [0.15, 0.2) is 0 Å². The summed E-state index contributed by atoms with van der Waals surface area (Å²) < 4.78 is 0. The van der Waals surface area contributed by atoms with Gasteiger partial charge in [0, 0.05) is 0 Å². The second kappa shape index (κ2) is 4.06. The average Bonchev–Trinajstić information content (AvgIpc) is 2.91. The third-order valence-electron chi connectivity index (χ3n) is 5.58. The molecule has 3 unspecified atom stereocenters. The predicted octanol–water partition coefficient (Wildman–Crippen LogP) is 4.29. The van der Waals surface area contributed by atoms with Crippen LogP contribution in [0.25, 0.3) is 0 Å². The molecule has 3 aliphatic carbocycles. The minimum absolute atomic E-state index is 0.116. The highest BCUT2D eigenvalue weighted by atomic mass is 14.6. The van der Waals surface area contributed by atoms with Crippen LogP contribution in [0.1, 0.15) is 64.2 Å². The summed E-state index contributed by atoms with van der Waals surface area (Å²) in [4.78, 5) is 0. The third kappa shape index (κ3) is 1.67. The Balaban J connectivity index is 1.69. The molecule has 0 saturated heterocycles. The third-order valence-corrected chi connectivity index (χ3v) is 5.58. The van der Waals surface area contributed by atoms with Crippen LogP contribution in [0.4, 0.5) is 0 Å². The average molecular weight is 217 g/mol. The van der Waals surface area contributed by atoms with Gasteiger partial charge in [-0.1, -0.05) is 38.5 Å². The summed E-state index contributed by atoms with van der Waals surface area (Å²) in [5.74, 6) is 2.56. The van der Waals surface area contributed by atoms with E-state index in [1.54, 1.807) is 0 Å². The molecule has 0 radical (unpaired) electrons. The molecule has 0 heterocycles. The van der Waals surface area contributed by atoms with Crippen LogP contribution >= 0.6 is 0 Å². The van der Waals surface area contributed by atoms with Crippen molar-refractivity contribution >= 4 is 0 Å². The molecule has 0 aromatic heterocycles. The normalized spacial score (nSPS) is 43.4. The molecule has 0 aliphatic heterocycles. The molecule has 3 rings (SSSR count). The highest BCUT2D eigenvalue weighted by Gasteiger charge is 2.51. The van der Waals surface area contributed by atoms with E-state index < -0.39 is 0 Å². The maximum atomic E-state index is 9.62. The number of nitrogens with zero attached hydrogens (tertiary/aromatic N) is 1. The van der Waals surface area contributed by atoms with Crippen molar-refractivity contribution in [3.63, 3.8) is 0 Å². The van der Waals surface area contributed by atoms with Crippen LogP contribution in [-0.2, 0) is 0 Å². The molecule has 0 amide bonds. The number of hydrogen-bond acceptors (Lipinski definition) is 1. The standard InChI is InChI=1S/C15H23N/c16-11-15(9-12-4-2-1-3-5-12)10-13-6-7-14(15)8-13/h12-14H,1-10H2. The first-order chi connectivity index (χ1) is 7.82. The molecular weight excluding hydrogens is 194 g/mol. The van der Waals surface area contributed by atoms with Crippen molar-refractivity contribution in [3.05, 3.63) is 0 Å². The van der Waals surface area contributed by atoms with Crippen LogP contribution in [0.3, 0.4) is 0 Å². The van der Waals surface area contributed by atoms with Crippen LogP contribution < -0.4 is 0 Å². The maximum absolute atomic E-state index is 9.62. The highest BCUT2D eigenvalue weighted by Crippen LogP contribution is 2.58. The lowest BCUT2D eigenvalue weighted by Gasteiger charge is -2.35. The van der Waals surface area contributed by atoms with E-state index in [2.05, 4.69) is 6.07 Å². The lowest BCUT2D eigenvalue weighted by Crippen LogP contribution is -2.29. The lowest BCUT2D eigenvalue weighted by atomic mass is 9.67. The summed E-state index contributed by atoms with van der Waals surface area (Å²) in [6.07, 6.45) is 13.7. The van der Waals surface area contributed by atoms with Gasteiger partial charge >= 0.3 is 0 Å². The summed E-state index contributed by atoms with van der Waals surface area (Å²) >= 11 is 0. The molecule has 3 saturated carbocycles. The van der Waals surface area contributed by atoms with Gasteiger partial charge in [-0.15, -0.1) is 0 Å². The van der Waals surface area contributed by atoms with E-state index in [0.717, 1.165) is 17.8 Å². The molecule has 0 spiro atoms. The summed E-state index contributed by atoms with van der Waals surface area (Å²) in [6.45, 7) is 0. The van der Waals surface area contributed by atoms with Gasteiger partial charge in [-0.3, -0.25) is 0 Å². The van der Waals surface area contributed by atoms with Gasteiger partial charge in [0.2, 0.25) is 0 Å². The number of hydrogen-bond donors (Lipinski definition) is 0. The maximum Gasteiger partial charge on any atom is 0.0692 e. The summed E-state index contributed by atoms with van der Waals surface area (Å²) in [7, 11) is 0. The Labute approximate surface area is 99.2 Å². The first-order valence-corrected chi connectivity index (χ1v) is 7.24. The van der Waals surface area contributed by atoms with Gasteiger partial charge < -0.3 is 0 Å². The first-order valence-electron chi connectivity index (χ1n) is 7.24. The van der Waals surface area contributed by atoms with E-state index in [9.17, 15) is 5.26 Å². The topological polar surface area (TPSA) is 23.8 Å². The van der Waals surface area contributed by atoms with Gasteiger partial charge in [-0.2, -0.15) is 5.26 Å². The van der Waals surface area contributed by atoms with Crippen LogP contribution in [0.15, 0.2) is 0 Å². The van der Waals surface area contributed by atoms with Crippen molar-refractivity contribution in [1.29, 1.82) is 5.26 Å². The van der Waals surface area contributed by atoms with E-state index >= 15 is 0 Å². The minimum atomic E-state index is 0.116. The monoisotopic (exact) mass is 217 g/mol. The zero-order valence-electron chi connectivity index (χ0n) is 10.3. The molecule has 0 N–H and O–H groups in total. The number of rotatable bonds is 2. The fourth-order valence-corrected chi connectivity index (χ4v) is 4.78. The molecule has 16 heavy (non-hydrogen) atoms. The zero-order valence-corrected chi connectivity index (χ0v) is 10.3. The molecule has 3 aliphatic rings. The van der Waals surface area contributed by atoms with Crippen LogP contribution in [-0.4, -0.2) is 0 Å². The van der Waals surface area contributed by atoms with Crippen molar-refractivity contribution in [3.8, 4) is 6.07 Å². The Hall–Kier alpha value is -0.510. The molecule has 1 heteroatoms. The van der Waals surface area contributed by atoms with E-state index in [-0.39, 0.29) is 5.41 Å². The summed E-state index contributed by atoms with van der Waals surface area (Å²) in [5.41, 5.74) is 0.116. The summed E-state index contributed by atoms with van der Waals surface area (Å²) in [5, 5.41) is 9.62. The van der Waals surface area contributed by atoms with Crippen LogP contribution in [0, 0.1) is 34.5 Å². The van der Waals surface area contributed by atoms with E-state index in [0.29, 0.717) is 0 Å². The molecule has 0 aromatic rings. The largest absolute Gasteiger partial charge is 0.198 e. The molecule has 88 valence electrons. The predicted molar refractivity (Wildman–Crippen MR) is 64.7 cm³/mol. The molecular formula is C15H23N. The second-order valence-electron chi connectivity index (χ2n) is 6.56. The van der Waals surface area contributed by atoms with Crippen molar-refractivity contribution < 1.29 is 0 Å². The first kappa shape index (κ1) is 10.6. The summed E-state index contributed by atoms with van der Waals surface area (Å²) in [6, 6.07) is 2.76. The Morgan fingerprint density at radius 3 is 2.44 bits per heavy atom. The van der Waals surface area contributed by atoms with Crippen LogP contribution in [0.5, 0.6) is 0 Å². The van der Waals surface area contributed by atoms with Crippen molar-refractivity contribution in [2.24, 2.45) is 23.2 Å². The van der Waals surface area contributed by atoms with Gasteiger partial charge in [-0.05, 0) is 43.4 Å². The van der Waals surface area contributed by atoms with E-state index in [1.165, 1.54) is 64.2 Å². The Kier molecular flexibility index (Phi) is 2.70. The molecule has 1 nitrogen and oxygen atoms in total. The van der Waals surface area contributed by atoms with Gasteiger partial charge in [-0.25, -0.2) is 0 Å². The van der Waals surface area contributed by atoms with Crippen molar-refractivity contribution in [2.75, 3.05) is 0 Å². The van der Waals surface area contributed by atoms with Crippen molar-refractivity contribution in [1.82, 2.24) is 0 Å². The molecule has 3 atom stereocenters. The number of fused-ring (bicyclic) bond motifs is 2. The fraction of sp³-hybridized carbons (Fsp3) is 0.933. The Morgan fingerprint density at radius 1 is 1.06 bits per heavy atom. The lowest BCUT2D eigenvalue weighted by molar-refractivity contribution is 0.165.